The van der Waals surface area contributed by atoms with E-state index in [1.807, 2.05) is 0 Å². The molecule has 1 atom stereocenters. The summed E-state index contributed by atoms with van der Waals surface area (Å²) in [6.45, 7) is 2.31. The number of nitrogens with zero attached hydrogens (tertiary/aromatic N) is 3. The Morgan fingerprint density at radius 3 is 1.42 bits per heavy atom. The van der Waals surface area contributed by atoms with Gasteiger partial charge in [0, 0.05) is 56.5 Å². The predicted octanol–water partition coefficient (Wildman–Crippen LogP) is 15.9. The fourth-order valence-electron chi connectivity index (χ4n) is 9.35. The van der Waals surface area contributed by atoms with Gasteiger partial charge in [0.2, 0.25) is 0 Å². The van der Waals surface area contributed by atoms with Crippen molar-refractivity contribution in [1.82, 2.24) is 4.57 Å². The second kappa shape index (κ2) is 16.2. The highest BCUT2D eigenvalue weighted by Gasteiger charge is 2.20. The van der Waals surface area contributed by atoms with Crippen molar-refractivity contribution in [2.45, 2.75) is 50.9 Å². The first-order valence-corrected chi connectivity index (χ1v) is 21.3. The zero-order valence-corrected chi connectivity index (χ0v) is 33.7. The number of hydrogen-bond donors (Lipinski definition) is 0. The van der Waals surface area contributed by atoms with Crippen molar-refractivity contribution in [3.8, 4) is 5.69 Å². The van der Waals surface area contributed by atoms with E-state index in [4.69, 9.17) is 0 Å². The molecule has 1 unspecified atom stereocenters. The van der Waals surface area contributed by atoms with Gasteiger partial charge in [0.25, 0.3) is 0 Å². The number of para-hydroxylation sites is 4. The van der Waals surface area contributed by atoms with Crippen molar-refractivity contribution < 1.29 is 0 Å². The lowest BCUT2D eigenvalue weighted by atomic mass is 9.84. The highest BCUT2D eigenvalue weighted by atomic mass is 15.1. The Labute approximate surface area is 348 Å². The van der Waals surface area contributed by atoms with Crippen molar-refractivity contribution >= 4 is 55.9 Å². The molecule has 9 aromatic rings. The van der Waals surface area contributed by atoms with E-state index in [9.17, 15) is 0 Å². The minimum absolute atomic E-state index is 0.223. The van der Waals surface area contributed by atoms with E-state index in [1.54, 1.807) is 0 Å². The SMILES string of the molecule is CC(c1ccc(N(c2ccccc2)c2ccc(C3CCCCC3)cc2)cc1)c1ccc(N(c2ccccc2)c2ccc3c4ccccc4n(-c4ccccc4)c3c2)cc1. The lowest BCUT2D eigenvalue weighted by Crippen LogP contribution is -2.11. The molecule has 1 saturated carbocycles. The van der Waals surface area contributed by atoms with Gasteiger partial charge in [-0.05, 0) is 126 Å². The first-order valence-electron chi connectivity index (χ1n) is 21.3. The zero-order chi connectivity index (χ0) is 39.5. The molecule has 10 rings (SSSR count). The van der Waals surface area contributed by atoms with Crippen LogP contribution in [-0.4, -0.2) is 4.57 Å². The molecule has 288 valence electrons. The van der Waals surface area contributed by atoms with Gasteiger partial charge < -0.3 is 14.4 Å². The molecule has 1 fully saturated rings. The largest absolute Gasteiger partial charge is 0.311 e. The average molecular weight is 764 g/mol. The van der Waals surface area contributed by atoms with Crippen LogP contribution >= 0.6 is 0 Å². The smallest absolute Gasteiger partial charge is 0.0561 e. The van der Waals surface area contributed by atoms with E-state index < -0.39 is 0 Å². The fraction of sp³-hybridized carbons (Fsp3) is 0.143. The Hall–Kier alpha value is -6.84. The summed E-state index contributed by atoms with van der Waals surface area (Å²) in [4.78, 5) is 4.75. The Balaban J connectivity index is 0.955. The molecule has 0 N–H and O–H groups in total. The van der Waals surface area contributed by atoms with Crippen LogP contribution in [0.25, 0.3) is 27.5 Å². The van der Waals surface area contributed by atoms with E-state index in [0.29, 0.717) is 5.92 Å². The van der Waals surface area contributed by atoms with Crippen LogP contribution in [0.15, 0.2) is 206 Å². The molecule has 8 aromatic carbocycles. The summed E-state index contributed by atoms with van der Waals surface area (Å²) >= 11 is 0. The van der Waals surface area contributed by atoms with E-state index >= 15 is 0 Å². The number of rotatable bonds is 10. The molecule has 0 amide bonds. The molecular formula is C56H49N3. The number of aromatic nitrogens is 1. The van der Waals surface area contributed by atoms with Crippen LogP contribution in [0.5, 0.6) is 0 Å². The van der Waals surface area contributed by atoms with Crippen LogP contribution in [0, 0.1) is 0 Å². The summed E-state index contributed by atoms with van der Waals surface area (Å²) in [5, 5.41) is 2.50. The molecule has 3 heteroatoms. The highest BCUT2D eigenvalue weighted by molar-refractivity contribution is 6.10. The third kappa shape index (κ3) is 7.19. The Morgan fingerprint density at radius 2 is 0.847 bits per heavy atom. The quantitative estimate of drug-likeness (QED) is 0.137. The standard InChI is InChI=1S/C56H49N3/c1-41(42-26-32-49(33-27-42)57(46-18-8-3-9-19-46)50-36-30-45(31-37-50)44-16-6-2-7-17-44)43-28-34-51(35-29-43)58(47-20-10-4-11-21-47)52-38-39-54-53-24-14-15-25-55(53)59(56(54)40-52)48-22-12-5-13-23-48/h3-5,8-15,18-41,44H,2,6-7,16-17H2,1H3. The zero-order valence-electron chi connectivity index (χ0n) is 33.7. The molecular weight excluding hydrogens is 715 g/mol. The second-order valence-corrected chi connectivity index (χ2v) is 16.1. The maximum atomic E-state index is 2.39. The average Bonchev–Trinajstić information content (AvgIpc) is 3.65. The third-order valence-electron chi connectivity index (χ3n) is 12.5. The molecule has 0 saturated heterocycles. The molecule has 0 spiro atoms. The first-order chi connectivity index (χ1) is 29.2. The van der Waals surface area contributed by atoms with Crippen LogP contribution in [-0.2, 0) is 0 Å². The van der Waals surface area contributed by atoms with Gasteiger partial charge in [0.15, 0.2) is 0 Å². The van der Waals surface area contributed by atoms with Gasteiger partial charge in [-0.3, -0.25) is 0 Å². The minimum Gasteiger partial charge on any atom is -0.311 e. The van der Waals surface area contributed by atoms with Crippen molar-refractivity contribution in [2.24, 2.45) is 0 Å². The van der Waals surface area contributed by atoms with Gasteiger partial charge in [0.05, 0.1) is 11.0 Å². The van der Waals surface area contributed by atoms with Crippen LogP contribution in [0.3, 0.4) is 0 Å². The Morgan fingerprint density at radius 1 is 0.407 bits per heavy atom. The molecule has 0 radical (unpaired) electrons. The van der Waals surface area contributed by atoms with Gasteiger partial charge in [-0.15, -0.1) is 0 Å². The summed E-state index contributed by atoms with van der Waals surface area (Å²) in [5.41, 5.74) is 14.5. The van der Waals surface area contributed by atoms with E-state index in [0.717, 1.165) is 34.1 Å². The summed E-state index contributed by atoms with van der Waals surface area (Å²) in [6, 6.07) is 75.4. The lowest BCUT2D eigenvalue weighted by molar-refractivity contribution is 0.443. The van der Waals surface area contributed by atoms with Gasteiger partial charge in [-0.25, -0.2) is 0 Å². The third-order valence-corrected chi connectivity index (χ3v) is 12.5. The van der Waals surface area contributed by atoms with E-state index in [2.05, 4.69) is 228 Å². The van der Waals surface area contributed by atoms with Gasteiger partial charge in [-0.1, -0.05) is 141 Å². The molecule has 59 heavy (non-hydrogen) atoms. The predicted molar refractivity (Wildman–Crippen MR) is 250 cm³/mol. The topological polar surface area (TPSA) is 11.4 Å². The normalized spacial score (nSPS) is 13.7. The van der Waals surface area contributed by atoms with Crippen LogP contribution in [0.4, 0.5) is 34.1 Å². The maximum Gasteiger partial charge on any atom is 0.0561 e. The minimum atomic E-state index is 0.223. The first kappa shape index (κ1) is 36.5. The molecule has 1 aliphatic carbocycles. The molecule has 1 heterocycles. The molecule has 1 aliphatic rings. The molecule has 1 aromatic heterocycles. The van der Waals surface area contributed by atoms with Crippen molar-refractivity contribution in [3.63, 3.8) is 0 Å². The highest BCUT2D eigenvalue weighted by Crippen LogP contribution is 2.41. The monoisotopic (exact) mass is 763 g/mol. The molecule has 3 nitrogen and oxygen atoms in total. The number of benzene rings is 8. The van der Waals surface area contributed by atoms with Crippen molar-refractivity contribution in [3.05, 3.63) is 223 Å². The Kier molecular flexibility index (Phi) is 10.0. The lowest BCUT2D eigenvalue weighted by Gasteiger charge is -2.27. The summed E-state index contributed by atoms with van der Waals surface area (Å²) in [6.07, 6.45) is 6.71. The summed E-state index contributed by atoms with van der Waals surface area (Å²) < 4.78 is 2.39. The van der Waals surface area contributed by atoms with Gasteiger partial charge in [0.1, 0.15) is 0 Å². The van der Waals surface area contributed by atoms with Gasteiger partial charge >= 0.3 is 0 Å². The molecule has 0 aliphatic heterocycles. The summed E-state index contributed by atoms with van der Waals surface area (Å²) in [5.74, 6) is 0.920. The number of anilines is 6. The van der Waals surface area contributed by atoms with Crippen LogP contribution in [0.1, 0.15) is 67.6 Å². The van der Waals surface area contributed by atoms with E-state index in [1.165, 1.54) is 76.3 Å². The molecule has 0 bridgehead atoms. The fourth-order valence-corrected chi connectivity index (χ4v) is 9.35. The summed E-state index contributed by atoms with van der Waals surface area (Å²) in [7, 11) is 0. The van der Waals surface area contributed by atoms with E-state index in [-0.39, 0.29) is 5.92 Å². The van der Waals surface area contributed by atoms with Crippen LogP contribution in [0.2, 0.25) is 0 Å². The van der Waals surface area contributed by atoms with Gasteiger partial charge in [-0.2, -0.15) is 0 Å². The van der Waals surface area contributed by atoms with Crippen LogP contribution < -0.4 is 9.80 Å². The number of hydrogen-bond acceptors (Lipinski definition) is 2. The maximum absolute atomic E-state index is 2.39. The van der Waals surface area contributed by atoms with Crippen molar-refractivity contribution in [2.75, 3.05) is 9.80 Å². The Bertz CT molecular complexity index is 2780. The number of fused-ring (bicyclic) bond motifs is 3. The second-order valence-electron chi connectivity index (χ2n) is 16.1. The van der Waals surface area contributed by atoms with Crippen molar-refractivity contribution in [1.29, 1.82) is 0 Å².